The number of nitrogens with one attached hydrogen (secondary N) is 4. The molecular weight excluding hydrogens is 667 g/mol. The Kier molecular flexibility index (Phi) is 10.1. The number of fused-ring (bicyclic) bond motifs is 1. The summed E-state index contributed by atoms with van der Waals surface area (Å²) in [6, 6.07) is 19.4. The molecule has 12 heteroatoms. The summed E-state index contributed by atoms with van der Waals surface area (Å²) in [5.74, 6) is 0.589. The van der Waals surface area contributed by atoms with Crippen LogP contribution in [0.25, 0.3) is 10.9 Å². The van der Waals surface area contributed by atoms with Crippen molar-refractivity contribution in [2.24, 2.45) is 0 Å². The molecule has 3 aromatic carbocycles. The van der Waals surface area contributed by atoms with Crippen molar-refractivity contribution in [3.63, 3.8) is 0 Å². The van der Waals surface area contributed by atoms with Gasteiger partial charge in [0, 0.05) is 58.9 Å². The molecule has 1 aromatic heterocycles. The fraction of sp³-hybridized carbons (Fsp3) is 0.333. The third-order valence-corrected chi connectivity index (χ3v) is 9.62. The molecule has 0 unspecified atom stereocenters. The molecule has 250 valence electrons. The SMILES string of the molecule is CCOc1ccc(Nc2c(C#N)cnc3c(Cl)cc(N[C@H](C4=CN(C5CCN(C(C)(C)C)CC5)NN4)c4ccc(Cl)cc4)cc23)cc1Cl. The lowest BCUT2D eigenvalue weighted by Crippen LogP contribution is -2.52. The summed E-state index contributed by atoms with van der Waals surface area (Å²) >= 11 is 19.6. The highest BCUT2D eigenvalue weighted by molar-refractivity contribution is 6.36. The molecule has 2 aliphatic rings. The Labute approximate surface area is 296 Å². The Balaban J connectivity index is 1.33. The van der Waals surface area contributed by atoms with Crippen molar-refractivity contribution in [3.05, 3.63) is 98.9 Å². The largest absolute Gasteiger partial charge is 0.492 e. The number of hydrogen-bond donors (Lipinski definition) is 4. The standard InChI is InChI=1S/C36H39Cl3N8O/c1-5-48-32-11-10-25(17-29(32)38)42-33-23(19-40)20-41-35-28(33)16-26(18-30(35)39)43-34(22-6-8-24(37)9-7-22)31-21-47(45-44-31)27-12-14-46(15-13-27)36(2,3)4/h6-11,16-18,20-21,27,34,43-45H,5,12-15H2,1-4H3,(H,41,42)/t34-/m0/s1. The number of hydrogen-bond acceptors (Lipinski definition) is 9. The first kappa shape index (κ1) is 34.0. The first-order valence-electron chi connectivity index (χ1n) is 16.0. The van der Waals surface area contributed by atoms with Gasteiger partial charge in [0.2, 0.25) is 0 Å². The molecular formula is C36H39Cl3N8O. The van der Waals surface area contributed by atoms with Crippen LogP contribution in [0, 0.1) is 11.3 Å². The van der Waals surface area contributed by atoms with E-state index in [1.54, 1.807) is 12.1 Å². The van der Waals surface area contributed by atoms with E-state index in [-0.39, 0.29) is 11.6 Å². The molecule has 1 saturated heterocycles. The molecule has 0 bridgehead atoms. The number of pyridine rings is 1. The Morgan fingerprint density at radius 2 is 1.75 bits per heavy atom. The Bertz CT molecular complexity index is 1860. The van der Waals surface area contributed by atoms with E-state index in [9.17, 15) is 5.26 Å². The van der Waals surface area contributed by atoms with Crippen molar-refractivity contribution >= 4 is 62.8 Å². The lowest BCUT2D eigenvalue weighted by atomic mass is 9.98. The van der Waals surface area contributed by atoms with Crippen LogP contribution in [0.1, 0.15) is 57.7 Å². The number of aromatic nitrogens is 1. The van der Waals surface area contributed by atoms with Crippen molar-refractivity contribution in [1.82, 2.24) is 25.9 Å². The van der Waals surface area contributed by atoms with Gasteiger partial charge in [-0.2, -0.15) is 5.26 Å². The number of nitrogens with zero attached hydrogens (tertiary/aromatic N) is 4. The molecule has 1 fully saturated rings. The van der Waals surface area contributed by atoms with Crippen molar-refractivity contribution < 1.29 is 4.74 Å². The fourth-order valence-electron chi connectivity index (χ4n) is 6.22. The average Bonchev–Trinajstić information content (AvgIpc) is 3.56. The summed E-state index contributed by atoms with van der Waals surface area (Å²) in [7, 11) is 0. The maximum atomic E-state index is 10.0. The molecule has 4 N–H and O–H groups in total. The summed E-state index contributed by atoms with van der Waals surface area (Å²) in [4.78, 5) is 7.07. The molecule has 0 saturated carbocycles. The Morgan fingerprint density at radius 1 is 1.02 bits per heavy atom. The van der Waals surface area contributed by atoms with E-state index in [0.29, 0.717) is 61.3 Å². The van der Waals surface area contributed by atoms with Gasteiger partial charge >= 0.3 is 0 Å². The van der Waals surface area contributed by atoms with Crippen molar-refractivity contribution in [2.75, 3.05) is 30.3 Å². The molecule has 0 spiro atoms. The second-order valence-electron chi connectivity index (χ2n) is 13.0. The van der Waals surface area contributed by atoms with E-state index in [2.05, 4.69) is 69.5 Å². The Morgan fingerprint density at radius 3 is 2.42 bits per heavy atom. The lowest BCUT2D eigenvalue weighted by molar-refractivity contribution is 0.0570. The van der Waals surface area contributed by atoms with Crippen molar-refractivity contribution in [1.29, 1.82) is 5.26 Å². The van der Waals surface area contributed by atoms with Gasteiger partial charge in [-0.25, -0.2) is 0 Å². The molecule has 0 amide bonds. The van der Waals surface area contributed by atoms with E-state index in [0.717, 1.165) is 42.9 Å². The van der Waals surface area contributed by atoms with Crippen LogP contribution in [-0.4, -0.2) is 46.2 Å². The number of likely N-dealkylation sites (tertiary alicyclic amines) is 1. The van der Waals surface area contributed by atoms with Crippen LogP contribution in [0.15, 0.2) is 72.7 Å². The summed E-state index contributed by atoms with van der Waals surface area (Å²) < 4.78 is 5.59. The average molecular weight is 706 g/mol. The van der Waals surface area contributed by atoms with Gasteiger partial charge in [0.25, 0.3) is 0 Å². The van der Waals surface area contributed by atoms with Gasteiger partial charge in [0.05, 0.1) is 45.2 Å². The third-order valence-electron chi connectivity index (χ3n) is 8.79. The van der Waals surface area contributed by atoms with Gasteiger partial charge in [-0.3, -0.25) is 14.9 Å². The zero-order chi connectivity index (χ0) is 34.0. The number of rotatable bonds is 9. The van der Waals surface area contributed by atoms with Crippen LogP contribution in [0.4, 0.5) is 17.1 Å². The fourth-order valence-corrected chi connectivity index (χ4v) is 6.85. The minimum absolute atomic E-state index is 0.160. The monoisotopic (exact) mass is 704 g/mol. The van der Waals surface area contributed by atoms with E-state index >= 15 is 0 Å². The number of nitriles is 1. The predicted molar refractivity (Wildman–Crippen MR) is 196 cm³/mol. The van der Waals surface area contributed by atoms with E-state index in [4.69, 9.17) is 39.5 Å². The lowest BCUT2D eigenvalue weighted by Gasteiger charge is -2.42. The summed E-state index contributed by atoms with van der Waals surface area (Å²) in [6.45, 7) is 11.3. The van der Waals surface area contributed by atoms with Gasteiger partial charge in [-0.15, -0.1) is 5.53 Å². The second kappa shape index (κ2) is 14.3. The van der Waals surface area contributed by atoms with E-state index in [1.807, 2.05) is 49.4 Å². The number of halogens is 3. The highest BCUT2D eigenvalue weighted by Crippen LogP contribution is 2.38. The van der Waals surface area contributed by atoms with Crippen LogP contribution < -0.4 is 26.3 Å². The maximum absolute atomic E-state index is 10.0. The maximum Gasteiger partial charge on any atom is 0.138 e. The van der Waals surface area contributed by atoms with Crippen LogP contribution in [0.2, 0.25) is 15.1 Å². The van der Waals surface area contributed by atoms with Crippen LogP contribution in [-0.2, 0) is 0 Å². The number of hydrazine groups is 2. The highest BCUT2D eigenvalue weighted by atomic mass is 35.5. The number of anilines is 3. The second-order valence-corrected chi connectivity index (χ2v) is 14.2. The van der Waals surface area contributed by atoms with Crippen molar-refractivity contribution in [3.8, 4) is 11.8 Å². The number of ether oxygens (including phenoxy) is 1. The Hall–Kier alpha value is -3.91. The van der Waals surface area contributed by atoms with Crippen LogP contribution >= 0.6 is 34.8 Å². The van der Waals surface area contributed by atoms with E-state index in [1.165, 1.54) is 6.20 Å². The zero-order valence-electron chi connectivity index (χ0n) is 27.4. The zero-order valence-corrected chi connectivity index (χ0v) is 29.6. The number of benzene rings is 3. The van der Waals surface area contributed by atoms with Gasteiger partial charge < -0.3 is 20.8 Å². The normalized spacial score (nSPS) is 16.3. The van der Waals surface area contributed by atoms with Crippen molar-refractivity contribution in [2.45, 2.75) is 58.2 Å². The molecule has 0 radical (unpaired) electrons. The molecule has 6 rings (SSSR count). The number of piperidine rings is 1. The minimum atomic E-state index is -0.281. The first-order chi connectivity index (χ1) is 23.0. The molecule has 1 atom stereocenters. The van der Waals surface area contributed by atoms with Crippen LogP contribution in [0.5, 0.6) is 5.75 Å². The van der Waals surface area contributed by atoms with Gasteiger partial charge in [0.1, 0.15) is 11.8 Å². The van der Waals surface area contributed by atoms with Gasteiger partial charge in [-0.05, 0) is 88.6 Å². The molecule has 9 nitrogen and oxygen atoms in total. The molecule has 4 aromatic rings. The summed E-state index contributed by atoms with van der Waals surface area (Å²) in [6.07, 6.45) is 5.78. The van der Waals surface area contributed by atoms with Gasteiger partial charge in [-0.1, -0.05) is 46.9 Å². The minimum Gasteiger partial charge on any atom is -0.492 e. The summed E-state index contributed by atoms with van der Waals surface area (Å²) in [5.41, 5.74) is 11.9. The smallest absolute Gasteiger partial charge is 0.138 e. The summed E-state index contributed by atoms with van der Waals surface area (Å²) in [5, 5.41) is 21.5. The predicted octanol–water partition coefficient (Wildman–Crippen LogP) is 8.79. The first-order valence-corrected chi connectivity index (χ1v) is 17.2. The highest BCUT2D eigenvalue weighted by Gasteiger charge is 2.32. The topological polar surface area (TPSA) is 101 Å². The molecule has 3 heterocycles. The molecule has 0 aliphatic carbocycles. The molecule has 2 aliphatic heterocycles. The van der Waals surface area contributed by atoms with Gasteiger partial charge in [0.15, 0.2) is 0 Å². The quantitative estimate of drug-likeness (QED) is 0.136. The van der Waals surface area contributed by atoms with Crippen LogP contribution in [0.3, 0.4) is 0 Å². The molecule has 48 heavy (non-hydrogen) atoms. The third kappa shape index (κ3) is 7.39. The van der Waals surface area contributed by atoms with E-state index < -0.39 is 0 Å².